The van der Waals surface area contributed by atoms with E-state index in [0.29, 0.717) is 12.0 Å². The molecule has 4 rings (SSSR count). The van der Waals surface area contributed by atoms with Gasteiger partial charge in [-0.05, 0) is 56.6 Å². The fourth-order valence-electron chi connectivity index (χ4n) is 7.89. The second-order valence-electron chi connectivity index (χ2n) is 11.9. The number of carbonyl (C=O) groups is 3. The van der Waals surface area contributed by atoms with Crippen molar-refractivity contribution in [1.82, 2.24) is 5.32 Å². The van der Waals surface area contributed by atoms with E-state index in [1.807, 2.05) is 5.32 Å². The van der Waals surface area contributed by atoms with Crippen molar-refractivity contribution in [1.29, 1.82) is 0 Å². The summed E-state index contributed by atoms with van der Waals surface area (Å²) in [5.74, 6) is -3.52. The molecule has 3 fully saturated rings. The number of hydrogen-bond acceptors (Lipinski definition) is 10. The normalized spacial score (nSPS) is 41.9. The quantitative estimate of drug-likeness (QED) is 0.149. The summed E-state index contributed by atoms with van der Waals surface area (Å²) in [5, 5.41) is 33.6. The SMILES string of the molecule is C[C@@H]1C[C@H]2[C@@H]3CCC4=CC(=O)C=C[C@]4(C)[C@@]3(F)[C@@H](O)C[C@]2(C)[C@@]1(O)C(=O)COP(=O)(O)OP(=O)(O)OCCNC(=O)O. The van der Waals surface area contributed by atoms with Crippen LogP contribution in [0.1, 0.15) is 46.5 Å². The van der Waals surface area contributed by atoms with E-state index in [2.05, 4.69) is 13.4 Å². The second kappa shape index (κ2) is 11.0. The van der Waals surface area contributed by atoms with Crippen molar-refractivity contribution in [2.24, 2.45) is 28.6 Å². The number of fused-ring (bicyclic) bond motifs is 5. The van der Waals surface area contributed by atoms with Crippen LogP contribution in [-0.2, 0) is 32.1 Å². The predicted octanol–water partition coefficient (Wildman–Crippen LogP) is 2.42. The van der Waals surface area contributed by atoms with Crippen molar-refractivity contribution < 1.29 is 66.4 Å². The van der Waals surface area contributed by atoms with Crippen LogP contribution in [0.15, 0.2) is 23.8 Å². The summed E-state index contributed by atoms with van der Waals surface area (Å²) in [6.45, 7) is 2.40. The van der Waals surface area contributed by atoms with Crippen LogP contribution in [0.3, 0.4) is 0 Å². The molecule has 0 saturated heterocycles. The summed E-state index contributed by atoms with van der Waals surface area (Å²) in [6, 6.07) is 0. The Morgan fingerprint density at radius 3 is 2.45 bits per heavy atom. The van der Waals surface area contributed by atoms with Crippen molar-refractivity contribution in [2.45, 2.75) is 63.8 Å². The largest absolute Gasteiger partial charge is 0.481 e. The van der Waals surface area contributed by atoms with Gasteiger partial charge in [0.2, 0.25) is 0 Å². The highest BCUT2D eigenvalue weighted by Gasteiger charge is 2.75. The molecule has 236 valence electrons. The first-order valence-corrected chi connectivity index (χ1v) is 16.4. The van der Waals surface area contributed by atoms with E-state index in [0.717, 1.165) is 0 Å². The van der Waals surface area contributed by atoms with Gasteiger partial charge in [0.25, 0.3) is 0 Å². The molecule has 42 heavy (non-hydrogen) atoms. The molecular formula is C25H36FNO13P2. The average molecular weight is 640 g/mol. The zero-order valence-corrected chi connectivity index (χ0v) is 25.1. The van der Waals surface area contributed by atoms with Crippen molar-refractivity contribution in [3.8, 4) is 0 Å². The van der Waals surface area contributed by atoms with Crippen LogP contribution in [0.2, 0.25) is 0 Å². The third-order valence-corrected chi connectivity index (χ3v) is 12.5. The van der Waals surface area contributed by atoms with Crippen molar-refractivity contribution in [3.05, 3.63) is 23.8 Å². The maximum atomic E-state index is 17.2. The van der Waals surface area contributed by atoms with Gasteiger partial charge in [-0.25, -0.2) is 18.3 Å². The minimum Gasteiger partial charge on any atom is -0.465 e. The monoisotopic (exact) mass is 639 g/mol. The Morgan fingerprint density at radius 1 is 1.17 bits per heavy atom. The first kappa shape index (κ1) is 33.1. The number of alkyl halides is 1. The molecular weight excluding hydrogens is 603 g/mol. The highest BCUT2D eigenvalue weighted by molar-refractivity contribution is 7.61. The minimum atomic E-state index is -5.42. The van der Waals surface area contributed by atoms with Gasteiger partial charge < -0.3 is 30.4 Å². The van der Waals surface area contributed by atoms with Crippen LogP contribution in [0.5, 0.6) is 0 Å². The molecule has 0 aromatic heterocycles. The molecule has 4 aliphatic rings. The molecule has 0 spiro atoms. The Labute approximate surface area is 241 Å². The molecule has 1 amide bonds. The first-order chi connectivity index (χ1) is 19.2. The van der Waals surface area contributed by atoms with E-state index in [1.165, 1.54) is 18.2 Å². The lowest BCUT2D eigenvalue weighted by Gasteiger charge is -2.62. The highest BCUT2D eigenvalue weighted by Crippen LogP contribution is 2.71. The van der Waals surface area contributed by atoms with Crippen LogP contribution in [0.25, 0.3) is 0 Å². The molecule has 3 saturated carbocycles. The molecule has 0 radical (unpaired) electrons. The van der Waals surface area contributed by atoms with E-state index < -0.39 is 93.2 Å². The molecule has 10 atom stereocenters. The molecule has 17 heteroatoms. The smallest absolute Gasteiger partial charge is 0.465 e. The van der Waals surface area contributed by atoms with E-state index in [9.17, 15) is 43.5 Å². The Bertz CT molecular complexity index is 1320. The number of phosphoric acid groups is 2. The number of aliphatic hydroxyl groups excluding tert-OH is 1. The molecule has 2 unspecified atom stereocenters. The highest BCUT2D eigenvalue weighted by atomic mass is 31.3. The standard InChI is InChI=1S/C25H36FNO13P2/c1-14-10-18-17-5-4-15-11-16(28)6-7-22(15,2)24(17,26)19(29)12-23(18,3)25(14,33)20(30)13-39-42(36,37)40-41(34,35)38-9-8-27-21(31)32/h6-7,11,14,17-19,27,29,33H,4-5,8-10,12-13H2,1-3H3,(H,31,32)(H,34,35)(H,36,37)/t14-,17+,18+,19+,22+,23+,24+,25+/m1/s1. The Morgan fingerprint density at radius 2 is 1.81 bits per heavy atom. The number of carboxylic acid groups (broad SMARTS) is 1. The summed E-state index contributed by atoms with van der Waals surface area (Å²) in [6.07, 6.45) is 1.57. The summed E-state index contributed by atoms with van der Waals surface area (Å²) < 4.78 is 54.7. The van der Waals surface area contributed by atoms with E-state index in [-0.39, 0.29) is 25.0 Å². The molecule has 6 N–H and O–H groups in total. The van der Waals surface area contributed by atoms with Gasteiger partial charge in [-0.1, -0.05) is 25.5 Å². The molecule has 14 nitrogen and oxygen atoms in total. The Hall–Kier alpha value is -1.80. The summed E-state index contributed by atoms with van der Waals surface area (Å²) in [7, 11) is -10.6. The van der Waals surface area contributed by atoms with Gasteiger partial charge in [-0.3, -0.25) is 18.6 Å². The maximum Gasteiger partial charge on any atom is 0.481 e. The number of hydrogen-bond donors (Lipinski definition) is 6. The number of aliphatic hydroxyl groups is 2. The average Bonchev–Trinajstić information content (AvgIpc) is 3.07. The third-order valence-electron chi connectivity index (χ3n) is 9.85. The lowest BCUT2D eigenvalue weighted by Crippen LogP contribution is -2.69. The number of carbonyl (C=O) groups excluding carboxylic acids is 2. The van der Waals surface area contributed by atoms with Crippen LogP contribution < -0.4 is 5.32 Å². The van der Waals surface area contributed by atoms with Gasteiger partial charge in [-0.2, -0.15) is 4.31 Å². The summed E-state index contributed by atoms with van der Waals surface area (Å²) in [5.41, 5.74) is -6.52. The molecule has 0 bridgehead atoms. The number of rotatable bonds is 10. The molecule has 0 aromatic rings. The van der Waals surface area contributed by atoms with E-state index in [4.69, 9.17) is 5.11 Å². The number of halogens is 1. The van der Waals surface area contributed by atoms with Crippen molar-refractivity contribution >= 4 is 33.3 Å². The van der Waals surface area contributed by atoms with E-state index >= 15 is 4.39 Å². The minimum absolute atomic E-state index is 0.191. The second-order valence-corrected chi connectivity index (χ2v) is 15.0. The van der Waals surface area contributed by atoms with E-state index in [1.54, 1.807) is 20.8 Å². The van der Waals surface area contributed by atoms with Crippen LogP contribution in [-0.4, -0.2) is 79.9 Å². The number of allylic oxidation sites excluding steroid dienone is 4. The van der Waals surface area contributed by atoms with Crippen molar-refractivity contribution in [3.63, 3.8) is 0 Å². The van der Waals surface area contributed by atoms with Gasteiger partial charge in [0.15, 0.2) is 17.2 Å². The first-order valence-electron chi connectivity index (χ1n) is 13.4. The number of Topliss-reactive ketones (excluding diaryl/α,β-unsaturated/α-hetero) is 1. The van der Waals surface area contributed by atoms with Gasteiger partial charge in [0.1, 0.15) is 12.2 Å². The summed E-state index contributed by atoms with van der Waals surface area (Å²) in [4.78, 5) is 55.5. The third kappa shape index (κ3) is 5.27. The predicted molar refractivity (Wildman–Crippen MR) is 142 cm³/mol. The van der Waals surface area contributed by atoms with Gasteiger partial charge in [0.05, 0.1) is 12.7 Å². The Kier molecular flexibility index (Phi) is 8.65. The molecule has 0 aliphatic heterocycles. The molecule has 0 heterocycles. The maximum absolute atomic E-state index is 17.2. The number of amides is 1. The van der Waals surface area contributed by atoms with Gasteiger partial charge in [0, 0.05) is 23.3 Å². The molecule has 4 aliphatic carbocycles. The topological polar surface area (TPSA) is 226 Å². The van der Waals surface area contributed by atoms with Crippen LogP contribution >= 0.6 is 15.6 Å². The fourth-order valence-corrected chi connectivity index (χ4v) is 9.91. The lowest BCUT2D eigenvalue weighted by molar-refractivity contribution is -0.219. The van der Waals surface area contributed by atoms with Crippen molar-refractivity contribution in [2.75, 3.05) is 19.8 Å². The molecule has 0 aromatic carbocycles. The zero-order valence-electron chi connectivity index (χ0n) is 23.3. The summed E-state index contributed by atoms with van der Waals surface area (Å²) >= 11 is 0. The van der Waals surface area contributed by atoms with Gasteiger partial charge in [-0.15, -0.1) is 0 Å². The van der Waals surface area contributed by atoms with Gasteiger partial charge >= 0.3 is 21.7 Å². The Balaban J connectivity index is 1.51. The van der Waals surface area contributed by atoms with Crippen LogP contribution in [0, 0.1) is 28.6 Å². The lowest BCUT2D eigenvalue weighted by atomic mass is 9.44. The number of nitrogens with one attached hydrogen (secondary N) is 1. The van der Waals surface area contributed by atoms with Crippen LogP contribution in [0.4, 0.5) is 9.18 Å². The zero-order chi connectivity index (χ0) is 31.5. The number of phosphoric ester groups is 2. The number of ketones is 2. The fraction of sp³-hybridized carbons (Fsp3) is 0.720.